The number of nitrogens with one attached hydrogen (secondary N) is 1. The number of likely N-dealkylation sites (N-methyl/N-ethyl adjacent to an activating group) is 1. The molecule has 0 radical (unpaired) electrons. The van der Waals surface area contributed by atoms with Crippen molar-refractivity contribution >= 4 is 11.6 Å². The van der Waals surface area contributed by atoms with Gasteiger partial charge < -0.3 is 14.6 Å². The third-order valence-corrected chi connectivity index (χ3v) is 2.64. The molecular formula is C14H16N2O2. The molecule has 94 valence electrons. The van der Waals surface area contributed by atoms with E-state index in [2.05, 4.69) is 5.32 Å². The van der Waals surface area contributed by atoms with Crippen LogP contribution in [0.4, 0.5) is 5.69 Å². The van der Waals surface area contributed by atoms with Crippen molar-refractivity contribution in [1.29, 1.82) is 0 Å². The Morgan fingerprint density at radius 2 is 2.06 bits per heavy atom. The van der Waals surface area contributed by atoms with E-state index in [0.717, 1.165) is 11.3 Å². The second-order valence-corrected chi connectivity index (χ2v) is 4.10. The molecule has 0 fully saturated rings. The first kappa shape index (κ1) is 12.2. The third-order valence-electron chi connectivity index (χ3n) is 2.64. The molecule has 0 bridgehead atoms. The largest absolute Gasteiger partial charge is 0.472 e. The summed E-state index contributed by atoms with van der Waals surface area (Å²) < 4.78 is 4.97. The van der Waals surface area contributed by atoms with Crippen LogP contribution in [-0.4, -0.2) is 24.4 Å². The molecule has 18 heavy (non-hydrogen) atoms. The third kappa shape index (κ3) is 3.38. The Hall–Kier alpha value is -2.23. The minimum absolute atomic E-state index is 0.0417. The first-order valence-electron chi connectivity index (χ1n) is 5.79. The molecule has 0 saturated carbocycles. The minimum Gasteiger partial charge on any atom is -0.472 e. The molecule has 1 amide bonds. The number of rotatable bonds is 5. The van der Waals surface area contributed by atoms with Crippen LogP contribution in [-0.2, 0) is 11.3 Å². The van der Waals surface area contributed by atoms with E-state index >= 15 is 0 Å². The van der Waals surface area contributed by atoms with Crippen molar-refractivity contribution in [3.8, 4) is 0 Å². The summed E-state index contributed by atoms with van der Waals surface area (Å²) in [5.41, 5.74) is 1.94. The Kier molecular flexibility index (Phi) is 4.02. The van der Waals surface area contributed by atoms with Gasteiger partial charge in [0.25, 0.3) is 0 Å². The van der Waals surface area contributed by atoms with Crippen LogP contribution in [0.5, 0.6) is 0 Å². The number of carbonyl (C=O) groups is 1. The first-order valence-corrected chi connectivity index (χ1v) is 5.79. The summed E-state index contributed by atoms with van der Waals surface area (Å²) in [5, 5.41) is 3.09. The molecule has 0 aliphatic carbocycles. The molecule has 0 aliphatic rings. The molecule has 0 spiro atoms. The van der Waals surface area contributed by atoms with Gasteiger partial charge in [-0.05, 0) is 18.2 Å². The Bertz CT molecular complexity index is 480. The number of anilines is 1. The lowest BCUT2D eigenvalue weighted by molar-refractivity contribution is -0.128. The van der Waals surface area contributed by atoms with E-state index in [9.17, 15) is 4.79 Å². The standard InChI is InChI=1S/C14H16N2O2/c1-16(10-12-7-8-18-11-12)14(17)9-15-13-5-3-2-4-6-13/h2-8,11,15H,9-10H2,1H3. The smallest absolute Gasteiger partial charge is 0.241 e. The van der Waals surface area contributed by atoms with Crippen LogP contribution in [0.25, 0.3) is 0 Å². The predicted molar refractivity (Wildman–Crippen MR) is 70.1 cm³/mol. The lowest BCUT2D eigenvalue weighted by Gasteiger charge is -2.16. The van der Waals surface area contributed by atoms with Crippen LogP contribution in [0, 0.1) is 0 Å². The normalized spacial score (nSPS) is 10.1. The molecule has 1 heterocycles. The van der Waals surface area contributed by atoms with Gasteiger partial charge in [-0.3, -0.25) is 4.79 Å². The highest BCUT2D eigenvalue weighted by Crippen LogP contribution is 2.06. The van der Waals surface area contributed by atoms with Gasteiger partial charge in [0.1, 0.15) is 0 Å². The second kappa shape index (κ2) is 5.91. The van der Waals surface area contributed by atoms with E-state index in [1.54, 1.807) is 24.5 Å². The number of nitrogens with zero attached hydrogens (tertiary/aromatic N) is 1. The van der Waals surface area contributed by atoms with Crippen molar-refractivity contribution < 1.29 is 9.21 Å². The van der Waals surface area contributed by atoms with Gasteiger partial charge in [-0.2, -0.15) is 0 Å². The number of furan rings is 1. The van der Waals surface area contributed by atoms with E-state index in [-0.39, 0.29) is 5.91 Å². The lowest BCUT2D eigenvalue weighted by atomic mass is 10.3. The zero-order chi connectivity index (χ0) is 12.8. The van der Waals surface area contributed by atoms with E-state index < -0.39 is 0 Å². The fraction of sp³-hybridized carbons (Fsp3) is 0.214. The van der Waals surface area contributed by atoms with Gasteiger partial charge in [-0.15, -0.1) is 0 Å². The Balaban J connectivity index is 1.81. The van der Waals surface area contributed by atoms with Crippen molar-refractivity contribution in [3.05, 3.63) is 54.5 Å². The van der Waals surface area contributed by atoms with E-state index in [4.69, 9.17) is 4.42 Å². The average molecular weight is 244 g/mol. The maximum Gasteiger partial charge on any atom is 0.241 e. The van der Waals surface area contributed by atoms with E-state index in [1.165, 1.54) is 0 Å². The second-order valence-electron chi connectivity index (χ2n) is 4.10. The number of para-hydroxylation sites is 1. The fourth-order valence-corrected chi connectivity index (χ4v) is 1.61. The van der Waals surface area contributed by atoms with E-state index in [1.807, 2.05) is 36.4 Å². The van der Waals surface area contributed by atoms with Crippen molar-refractivity contribution in [2.24, 2.45) is 0 Å². The van der Waals surface area contributed by atoms with Crippen molar-refractivity contribution in [1.82, 2.24) is 4.90 Å². The molecule has 2 aromatic rings. The summed E-state index contributed by atoms with van der Waals surface area (Å²) in [6.07, 6.45) is 3.25. The Labute approximate surface area is 106 Å². The zero-order valence-corrected chi connectivity index (χ0v) is 10.3. The number of carbonyl (C=O) groups excluding carboxylic acids is 1. The summed E-state index contributed by atoms with van der Waals surface area (Å²) >= 11 is 0. The number of benzene rings is 1. The summed E-state index contributed by atoms with van der Waals surface area (Å²) in [6.45, 7) is 0.851. The van der Waals surface area contributed by atoms with Crippen molar-refractivity contribution in [3.63, 3.8) is 0 Å². The quantitative estimate of drug-likeness (QED) is 0.878. The zero-order valence-electron chi connectivity index (χ0n) is 10.3. The molecule has 0 aliphatic heterocycles. The van der Waals surface area contributed by atoms with Gasteiger partial charge >= 0.3 is 0 Å². The highest BCUT2D eigenvalue weighted by Gasteiger charge is 2.09. The maximum absolute atomic E-state index is 11.9. The van der Waals surface area contributed by atoms with Gasteiger partial charge in [0.2, 0.25) is 5.91 Å². The molecule has 0 atom stereocenters. The molecule has 4 heteroatoms. The number of amides is 1. The van der Waals surface area contributed by atoms with Crippen LogP contribution in [0.3, 0.4) is 0 Å². The molecule has 1 aromatic carbocycles. The molecular weight excluding hydrogens is 228 g/mol. The molecule has 0 saturated heterocycles. The van der Waals surface area contributed by atoms with Gasteiger partial charge in [0, 0.05) is 24.8 Å². The SMILES string of the molecule is CN(Cc1ccoc1)C(=O)CNc1ccccc1. The highest BCUT2D eigenvalue weighted by molar-refractivity contribution is 5.80. The van der Waals surface area contributed by atoms with Crippen LogP contribution < -0.4 is 5.32 Å². The Morgan fingerprint density at radius 3 is 2.72 bits per heavy atom. The van der Waals surface area contributed by atoms with Crippen LogP contribution in [0.2, 0.25) is 0 Å². The summed E-state index contributed by atoms with van der Waals surface area (Å²) in [5.74, 6) is 0.0417. The van der Waals surface area contributed by atoms with Crippen molar-refractivity contribution in [2.45, 2.75) is 6.54 Å². The first-order chi connectivity index (χ1) is 8.75. The summed E-state index contributed by atoms with van der Waals surface area (Å²) in [7, 11) is 1.78. The van der Waals surface area contributed by atoms with Gasteiger partial charge in [0.15, 0.2) is 0 Å². The summed E-state index contributed by atoms with van der Waals surface area (Å²) in [6, 6.07) is 11.5. The predicted octanol–water partition coefficient (Wildman–Crippen LogP) is 2.35. The number of hydrogen-bond donors (Lipinski definition) is 1. The van der Waals surface area contributed by atoms with Gasteiger partial charge in [-0.25, -0.2) is 0 Å². The van der Waals surface area contributed by atoms with E-state index in [0.29, 0.717) is 13.1 Å². The monoisotopic (exact) mass is 244 g/mol. The molecule has 2 rings (SSSR count). The fourth-order valence-electron chi connectivity index (χ4n) is 1.61. The molecule has 4 nitrogen and oxygen atoms in total. The minimum atomic E-state index is 0.0417. The summed E-state index contributed by atoms with van der Waals surface area (Å²) in [4.78, 5) is 13.5. The number of hydrogen-bond acceptors (Lipinski definition) is 3. The average Bonchev–Trinajstić information content (AvgIpc) is 2.90. The van der Waals surface area contributed by atoms with Crippen LogP contribution in [0.1, 0.15) is 5.56 Å². The highest BCUT2D eigenvalue weighted by atomic mass is 16.3. The lowest BCUT2D eigenvalue weighted by Crippen LogP contribution is -2.31. The molecule has 0 unspecified atom stereocenters. The Morgan fingerprint density at radius 1 is 1.28 bits per heavy atom. The maximum atomic E-state index is 11.9. The van der Waals surface area contributed by atoms with Gasteiger partial charge in [-0.1, -0.05) is 18.2 Å². The molecule has 1 N–H and O–H groups in total. The van der Waals surface area contributed by atoms with Crippen LogP contribution >= 0.6 is 0 Å². The van der Waals surface area contributed by atoms with Crippen molar-refractivity contribution in [2.75, 3.05) is 18.9 Å². The van der Waals surface area contributed by atoms with Gasteiger partial charge in [0.05, 0.1) is 19.1 Å². The molecule has 1 aromatic heterocycles. The van der Waals surface area contributed by atoms with Crippen LogP contribution in [0.15, 0.2) is 53.3 Å². The topological polar surface area (TPSA) is 45.5 Å².